The van der Waals surface area contributed by atoms with E-state index in [-0.39, 0.29) is 65.7 Å². The number of aliphatic hydroxyl groups is 3. The number of rotatable bonds is 33. The van der Waals surface area contributed by atoms with E-state index in [0.29, 0.717) is 38.0 Å². The van der Waals surface area contributed by atoms with Gasteiger partial charge in [0.2, 0.25) is 10.6 Å². The van der Waals surface area contributed by atoms with Crippen LogP contribution in [0.2, 0.25) is 10.6 Å². The Hall–Kier alpha value is -3.34. The van der Waals surface area contributed by atoms with E-state index in [1.807, 2.05) is 24.3 Å². The molecular weight excluding hydrogens is 1240 g/mol. The van der Waals surface area contributed by atoms with E-state index in [4.69, 9.17) is 70.1 Å². The lowest BCUT2D eigenvalue weighted by molar-refractivity contribution is -0.102. The average Bonchev–Trinajstić information content (AvgIpc) is 2.07. The predicted molar refractivity (Wildman–Crippen MR) is 295 cm³/mol. The third kappa shape index (κ3) is 18.6. The first-order chi connectivity index (χ1) is 39.9. The molecule has 8 rings (SSSR count). The largest absolute Gasteiger partial charge is 0.387 e. The summed E-state index contributed by atoms with van der Waals surface area (Å²) in [6, 6.07) is 7.92. The smallest absolute Gasteiger partial charge is 0.340 e. The summed E-state index contributed by atoms with van der Waals surface area (Å²) in [7, 11) is -18.5. The Morgan fingerprint density at radius 3 is 1.67 bits per heavy atom. The van der Waals surface area contributed by atoms with Crippen LogP contribution >= 0.6 is 53.6 Å². The standard InChI is InChI=1S/C45H66Cl2N10O23P4/c1-71-11-12-72-13-14-73-15-16-74-17-18-75-21-31(51-39-33-41(55-45(47)53-39)56(22-49-33)42-35(59)34(58)29(78-42)19-76-83(67,68)24-81(61,62)63)80-37-30(20-77-84(69,70)25-82(64,65)66)79-43(36(37)60)57-23-48-32-38(52-44(46)54-40(32)57)50-28-9-7-27(8-10-28)26-5-3-2-4-6-26/h7-10,22-23,26,29-31,34-37,42-43,58-60H,2-6,11-21,24-25H2,1H3,(H,67,68)(H,69,70)(H,50,52,54)(H,51,53,55)(H2,61,62,63)(H2,64,65,66)/t29-,30-,31?,34?,35?,36?,37?,42-,43-/m1/s1. The fourth-order valence-corrected chi connectivity index (χ4v) is 14.9. The summed E-state index contributed by atoms with van der Waals surface area (Å²) < 4.78 is 107. The minimum atomic E-state index is -5.12. The van der Waals surface area contributed by atoms with Crippen molar-refractivity contribution in [2.45, 2.75) is 93.3 Å². The summed E-state index contributed by atoms with van der Waals surface area (Å²) in [6.07, 6.45) is -6.30. The highest BCUT2D eigenvalue weighted by Gasteiger charge is 2.49. The van der Waals surface area contributed by atoms with Gasteiger partial charge in [0.25, 0.3) is 0 Å². The molecule has 468 valence electrons. The van der Waals surface area contributed by atoms with Gasteiger partial charge in [-0.25, -0.2) is 9.97 Å². The monoisotopic (exact) mass is 1310 g/mol. The van der Waals surface area contributed by atoms with Crippen LogP contribution in [0.5, 0.6) is 0 Å². The molecule has 3 fully saturated rings. The number of hydrogen-bond donors (Lipinski definition) is 11. The van der Waals surface area contributed by atoms with Crippen molar-refractivity contribution < 1.29 is 110 Å². The van der Waals surface area contributed by atoms with Crippen molar-refractivity contribution in [2.75, 3.05) is 102 Å². The van der Waals surface area contributed by atoms with Crippen LogP contribution in [0.15, 0.2) is 36.9 Å². The lowest BCUT2D eigenvalue weighted by atomic mass is 9.84. The van der Waals surface area contributed by atoms with Crippen LogP contribution in [-0.2, 0) is 65.2 Å². The number of aromatic nitrogens is 8. The highest BCUT2D eigenvalue weighted by atomic mass is 35.5. The second-order valence-corrected chi connectivity index (χ2v) is 28.3. The molecule has 1 aliphatic carbocycles. The van der Waals surface area contributed by atoms with Gasteiger partial charge in [-0.2, -0.15) is 19.9 Å². The third-order valence-electron chi connectivity index (χ3n) is 13.3. The molecule has 84 heavy (non-hydrogen) atoms. The molecular formula is C45H66Cl2N10O23P4. The number of imidazole rings is 2. The van der Waals surface area contributed by atoms with Crippen molar-refractivity contribution in [3.8, 4) is 0 Å². The summed E-state index contributed by atoms with van der Waals surface area (Å²) in [4.78, 5) is 84.3. The van der Waals surface area contributed by atoms with E-state index >= 15 is 0 Å². The average molecular weight is 1310 g/mol. The summed E-state index contributed by atoms with van der Waals surface area (Å²) >= 11 is 13.0. The SMILES string of the molecule is COCCOCCOCCOCCOCC(Nc1nc(Cl)nc2c1ncn2[C@@H]1O[C@H](COP(=O)(O)CP(=O)(O)O)C(O)C1O)OC1C(O)[C@H](n2cnc3c(Nc4ccc(C5CCCCC5)cc4)nc(Cl)nc32)O[C@@H]1COP(=O)(O)CP(=O)(O)O. The van der Waals surface area contributed by atoms with Crippen LogP contribution < -0.4 is 10.6 Å². The Morgan fingerprint density at radius 1 is 0.631 bits per heavy atom. The molecule has 39 heteroatoms. The Morgan fingerprint density at radius 2 is 1.12 bits per heavy atom. The van der Waals surface area contributed by atoms with Crippen molar-refractivity contribution in [1.82, 2.24) is 39.0 Å². The van der Waals surface area contributed by atoms with Gasteiger partial charge in [0.15, 0.2) is 64.5 Å². The second-order valence-electron chi connectivity index (χ2n) is 19.6. The van der Waals surface area contributed by atoms with Gasteiger partial charge in [-0.15, -0.1) is 0 Å². The first kappa shape index (κ1) is 66.6. The zero-order valence-electron chi connectivity index (χ0n) is 44.8. The number of benzene rings is 1. The number of nitrogens with one attached hydrogen (secondary N) is 2. The fraction of sp³-hybridized carbons (Fsp3) is 0.644. The van der Waals surface area contributed by atoms with Crippen molar-refractivity contribution in [3.05, 3.63) is 53.1 Å². The maximum atomic E-state index is 13.1. The molecule has 7 unspecified atom stereocenters. The molecule has 4 aromatic heterocycles. The van der Waals surface area contributed by atoms with Crippen molar-refractivity contribution >= 4 is 93.2 Å². The molecule has 2 saturated heterocycles. The van der Waals surface area contributed by atoms with Crippen LogP contribution in [0, 0.1) is 0 Å². The predicted octanol–water partition coefficient (Wildman–Crippen LogP) is 3.15. The summed E-state index contributed by atoms with van der Waals surface area (Å²) in [5.41, 5.74) is 1.90. The molecule has 2 aliphatic heterocycles. The number of halogens is 2. The Labute approximate surface area is 488 Å². The minimum absolute atomic E-state index is 0.0370. The van der Waals surface area contributed by atoms with Crippen LogP contribution in [0.1, 0.15) is 56.0 Å². The van der Waals surface area contributed by atoms with E-state index in [1.54, 1.807) is 7.11 Å². The molecule has 11 N–H and O–H groups in total. The molecule has 33 nitrogen and oxygen atoms in total. The summed E-state index contributed by atoms with van der Waals surface area (Å²) in [6.45, 7) is -0.325. The van der Waals surface area contributed by atoms with Crippen LogP contribution in [0.3, 0.4) is 0 Å². The van der Waals surface area contributed by atoms with E-state index in [9.17, 15) is 62.9 Å². The number of ether oxygens (including phenoxy) is 8. The maximum Gasteiger partial charge on any atom is 0.340 e. The van der Waals surface area contributed by atoms with Crippen molar-refractivity contribution in [1.29, 1.82) is 0 Å². The van der Waals surface area contributed by atoms with Gasteiger partial charge < -0.3 is 102 Å². The van der Waals surface area contributed by atoms with Crippen LogP contribution in [0.25, 0.3) is 22.3 Å². The normalized spacial score (nSPS) is 24.4. The van der Waals surface area contributed by atoms with E-state index < -0.39 is 123 Å². The number of anilines is 3. The summed E-state index contributed by atoms with van der Waals surface area (Å²) in [5, 5.41) is 39.9. The first-order valence-corrected chi connectivity index (χ1v) is 34.0. The third-order valence-corrected chi connectivity index (χ3v) is 20.5. The second kappa shape index (κ2) is 29.8. The highest BCUT2D eigenvalue weighted by Crippen LogP contribution is 2.57. The lowest BCUT2D eigenvalue weighted by Gasteiger charge is -2.28. The molecule has 1 aromatic carbocycles. The number of hydrogen-bond acceptors (Lipinski definition) is 25. The van der Waals surface area contributed by atoms with Gasteiger partial charge in [0.1, 0.15) is 36.6 Å². The molecule has 6 heterocycles. The van der Waals surface area contributed by atoms with Gasteiger partial charge >= 0.3 is 30.4 Å². The summed E-state index contributed by atoms with van der Waals surface area (Å²) in [5.74, 6) is -2.60. The van der Waals surface area contributed by atoms with Crippen LogP contribution in [0.4, 0.5) is 17.3 Å². The molecule has 3 aliphatic rings. The molecule has 0 spiro atoms. The molecule has 0 amide bonds. The molecule has 1 saturated carbocycles. The first-order valence-electron chi connectivity index (χ1n) is 26.1. The van der Waals surface area contributed by atoms with E-state index in [2.05, 4.69) is 40.5 Å². The number of aliphatic hydroxyl groups excluding tert-OH is 3. The molecule has 0 radical (unpaired) electrons. The zero-order valence-corrected chi connectivity index (χ0v) is 49.9. The van der Waals surface area contributed by atoms with Gasteiger partial charge in [0, 0.05) is 12.8 Å². The minimum Gasteiger partial charge on any atom is -0.387 e. The molecule has 0 bridgehead atoms. The fourth-order valence-electron chi connectivity index (χ4n) is 9.48. The van der Waals surface area contributed by atoms with Gasteiger partial charge in [-0.05, 0) is 59.7 Å². The maximum absolute atomic E-state index is 13.1. The highest BCUT2D eigenvalue weighted by molar-refractivity contribution is 7.70. The topological polar surface area (TPSA) is 454 Å². The van der Waals surface area contributed by atoms with Crippen molar-refractivity contribution in [2.24, 2.45) is 0 Å². The Kier molecular flexibility index (Phi) is 23.6. The van der Waals surface area contributed by atoms with Crippen molar-refractivity contribution in [3.63, 3.8) is 0 Å². The number of methoxy groups -OCH3 is 1. The van der Waals surface area contributed by atoms with Gasteiger partial charge in [-0.3, -0.25) is 27.4 Å². The van der Waals surface area contributed by atoms with E-state index in [1.165, 1.54) is 35.7 Å². The van der Waals surface area contributed by atoms with Crippen LogP contribution in [-0.4, -0.2) is 218 Å². The van der Waals surface area contributed by atoms with Gasteiger partial charge in [0.05, 0.1) is 85.3 Å². The van der Waals surface area contributed by atoms with Gasteiger partial charge in [-0.1, -0.05) is 31.4 Å². The Balaban J connectivity index is 1.05. The lowest BCUT2D eigenvalue weighted by Crippen LogP contribution is -2.43. The molecule has 5 aromatic rings. The van der Waals surface area contributed by atoms with E-state index in [0.717, 1.165) is 23.7 Å². The Bertz CT molecular complexity index is 3160. The number of nitrogens with zero attached hydrogens (tertiary/aromatic N) is 8. The zero-order chi connectivity index (χ0) is 60.4. The number of fused-ring (bicyclic) bond motifs is 2. The quantitative estimate of drug-likeness (QED) is 0.0124. The molecule has 11 atom stereocenters.